The topological polar surface area (TPSA) is 61.4 Å². The lowest BCUT2D eigenvalue weighted by atomic mass is 10.0. The number of amides is 2. The molecule has 7 heteroatoms. The molecule has 1 unspecified atom stereocenters. The van der Waals surface area contributed by atoms with E-state index in [1.54, 1.807) is 18.2 Å². The largest absolute Gasteiger partial charge is 0.396 e. The molecule has 22 heavy (non-hydrogen) atoms. The van der Waals surface area contributed by atoms with Gasteiger partial charge in [0.15, 0.2) is 0 Å². The minimum absolute atomic E-state index is 0.0981. The summed E-state index contributed by atoms with van der Waals surface area (Å²) in [5.41, 5.74) is 0.470. The van der Waals surface area contributed by atoms with E-state index in [1.165, 1.54) is 6.07 Å². The highest BCUT2D eigenvalue weighted by Crippen LogP contribution is 2.27. The van der Waals surface area contributed by atoms with Crippen molar-refractivity contribution in [1.29, 1.82) is 0 Å². The zero-order valence-corrected chi connectivity index (χ0v) is 13.3. The molecule has 4 nitrogen and oxygen atoms in total. The van der Waals surface area contributed by atoms with Crippen LogP contribution in [0.25, 0.3) is 0 Å². The summed E-state index contributed by atoms with van der Waals surface area (Å²) in [6.07, 6.45) is 2.57. The lowest BCUT2D eigenvalue weighted by Crippen LogP contribution is -2.33. The van der Waals surface area contributed by atoms with Gasteiger partial charge in [0.2, 0.25) is 0 Å². The standard InChI is InChI=1S/C15H22F2N2O2S/c1-2-4-11(7-8-20)10-18-15(21)19-12-5-3-6-13(9-12)22-14(16)17/h3,5-6,9,11,14,20H,2,4,7-8,10H2,1H3,(H2,18,19,21). The first kappa shape index (κ1) is 18.7. The lowest BCUT2D eigenvalue weighted by Gasteiger charge is -2.16. The average Bonchev–Trinajstić information content (AvgIpc) is 2.45. The molecule has 1 rings (SSSR count). The number of hydrogen-bond donors (Lipinski definition) is 3. The summed E-state index contributed by atoms with van der Waals surface area (Å²) >= 11 is 0.438. The third-order valence-corrected chi connectivity index (χ3v) is 3.81. The minimum atomic E-state index is -2.49. The van der Waals surface area contributed by atoms with Crippen LogP contribution in [0.4, 0.5) is 19.3 Å². The van der Waals surface area contributed by atoms with Gasteiger partial charge in [0.1, 0.15) is 0 Å². The van der Waals surface area contributed by atoms with Gasteiger partial charge in [0.25, 0.3) is 5.76 Å². The third kappa shape index (κ3) is 7.61. The second kappa shape index (κ2) is 10.4. The van der Waals surface area contributed by atoms with Crippen molar-refractivity contribution in [1.82, 2.24) is 5.32 Å². The van der Waals surface area contributed by atoms with Gasteiger partial charge < -0.3 is 15.7 Å². The van der Waals surface area contributed by atoms with E-state index < -0.39 is 5.76 Å². The maximum absolute atomic E-state index is 12.3. The quantitative estimate of drug-likeness (QED) is 0.601. The Bertz CT molecular complexity index is 455. The van der Waals surface area contributed by atoms with Gasteiger partial charge in [-0.25, -0.2) is 4.79 Å². The second-order valence-corrected chi connectivity index (χ2v) is 5.97. The van der Waals surface area contributed by atoms with Crippen LogP contribution in [-0.4, -0.2) is 30.0 Å². The molecule has 0 aromatic heterocycles. The normalized spacial score (nSPS) is 12.2. The van der Waals surface area contributed by atoms with Gasteiger partial charge in [-0.3, -0.25) is 0 Å². The second-order valence-electron chi connectivity index (χ2n) is 4.91. The number of benzene rings is 1. The van der Waals surface area contributed by atoms with Crippen LogP contribution in [-0.2, 0) is 0 Å². The molecular formula is C15H22F2N2O2S. The van der Waals surface area contributed by atoms with Gasteiger partial charge in [0.05, 0.1) is 0 Å². The third-order valence-electron chi connectivity index (χ3n) is 3.10. The zero-order valence-electron chi connectivity index (χ0n) is 12.5. The number of urea groups is 1. The van der Waals surface area contributed by atoms with Crippen molar-refractivity contribution in [2.75, 3.05) is 18.5 Å². The Labute approximate surface area is 133 Å². The van der Waals surface area contributed by atoms with Gasteiger partial charge in [-0.2, -0.15) is 8.78 Å². The fourth-order valence-corrected chi connectivity index (χ4v) is 2.66. The number of alkyl halides is 2. The summed E-state index contributed by atoms with van der Waals surface area (Å²) < 4.78 is 24.6. The monoisotopic (exact) mass is 332 g/mol. The van der Waals surface area contributed by atoms with Crippen molar-refractivity contribution in [2.45, 2.75) is 36.8 Å². The molecule has 2 amide bonds. The van der Waals surface area contributed by atoms with E-state index in [0.29, 0.717) is 35.3 Å². The molecule has 3 N–H and O–H groups in total. The Morgan fingerprint density at radius 3 is 2.77 bits per heavy atom. The highest BCUT2D eigenvalue weighted by Gasteiger charge is 2.10. The molecule has 0 heterocycles. The van der Waals surface area contributed by atoms with E-state index in [9.17, 15) is 13.6 Å². The fraction of sp³-hybridized carbons (Fsp3) is 0.533. The van der Waals surface area contributed by atoms with Gasteiger partial charge in [-0.1, -0.05) is 31.2 Å². The number of aliphatic hydroxyl groups excluding tert-OH is 1. The summed E-state index contributed by atoms with van der Waals surface area (Å²) in [5.74, 6) is -2.25. The number of carbonyl (C=O) groups excluding carboxylic acids is 1. The SMILES string of the molecule is CCCC(CCO)CNC(=O)Nc1cccc(SC(F)F)c1. The molecule has 0 aliphatic heterocycles. The summed E-state index contributed by atoms with van der Waals surface area (Å²) in [5, 5.41) is 14.3. The van der Waals surface area contributed by atoms with E-state index in [4.69, 9.17) is 5.11 Å². The first-order valence-electron chi connectivity index (χ1n) is 7.25. The van der Waals surface area contributed by atoms with Gasteiger partial charge in [-0.15, -0.1) is 0 Å². The summed E-state index contributed by atoms with van der Waals surface area (Å²) in [7, 11) is 0. The number of hydrogen-bond acceptors (Lipinski definition) is 3. The van der Waals surface area contributed by atoms with Crippen LogP contribution in [0.5, 0.6) is 0 Å². The Hall–Kier alpha value is -1.34. The van der Waals surface area contributed by atoms with Crippen molar-refractivity contribution >= 4 is 23.5 Å². The van der Waals surface area contributed by atoms with Crippen molar-refractivity contribution in [3.8, 4) is 0 Å². The van der Waals surface area contributed by atoms with Gasteiger partial charge in [-0.05, 0) is 37.0 Å². The van der Waals surface area contributed by atoms with Gasteiger partial charge >= 0.3 is 6.03 Å². The van der Waals surface area contributed by atoms with Crippen LogP contribution in [0.15, 0.2) is 29.2 Å². The smallest absolute Gasteiger partial charge is 0.319 e. The molecule has 0 fully saturated rings. The van der Waals surface area contributed by atoms with E-state index in [2.05, 4.69) is 17.6 Å². The maximum Gasteiger partial charge on any atom is 0.319 e. The molecule has 0 saturated heterocycles. The molecule has 1 aromatic carbocycles. The predicted octanol–water partition coefficient (Wildman–Crippen LogP) is 3.92. The Kier molecular flexibility index (Phi) is 8.84. The van der Waals surface area contributed by atoms with E-state index in [-0.39, 0.29) is 18.6 Å². The zero-order chi connectivity index (χ0) is 16.4. The molecule has 0 spiro atoms. The Morgan fingerprint density at radius 1 is 1.36 bits per heavy atom. The molecule has 0 radical (unpaired) electrons. The van der Waals surface area contributed by atoms with Crippen molar-refractivity contribution < 1.29 is 18.7 Å². The van der Waals surface area contributed by atoms with Crippen molar-refractivity contribution in [3.63, 3.8) is 0 Å². The highest BCUT2D eigenvalue weighted by atomic mass is 32.2. The summed E-state index contributed by atoms with van der Waals surface area (Å²) in [6, 6.07) is 5.96. The van der Waals surface area contributed by atoms with Crippen LogP contribution in [0, 0.1) is 5.92 Å². The molecule has 0 saturated carbocycles. The number of thioether (sulfide) groups is 1. The van der Waals surface area contributed by atoms with Crippen LogP contribution in [0.3, 0.4) is 0 Å². The number of rotatable bonds is 9. The Balaban J connectivity index is 2.47. The predicted molar refractivity (Wildman–Crippen MR) is 85.4 cm³/mol. The fourth-order valence-electron chi connectivity index (χ4n) is 2.10. The van der Waals surface area contributed by atoms with Crippen LogP contribution < -0.4 is 10.6 Å². The number of nitrogens with one attached hydrogen (secondary N) is 2. The maximum atomic E-state index is 12.3. The molecule has 0 aliphatic carbocycles. The van der Waals surface area contributed by atoms with E-state index in [1.807, 2.05) is 0 Å². The average molecular weight is 332 g/mol. The summed E-state index contributed by atoms with van der Waals surface area (Å²) in [6.45, 7) is 2.63. The number of carbonyl (C=O) groups is 1. The van der Waals surface area contributed by atoms with Crippen LogP contribution >= 0.6 is 11.8 Å². The number of aliphatic hydroxyl groups is 1. The highest BCUT2D eigenvalue weighted by molar-refractivity contribution is 7.99. The van der Waals surface area contributed by atoms with Crippen molar-refractivity contribution in [3.05, 3.63) is 24.3 Å². The van der Waals surface area contributed by atoms with Crippen LogP contribution in [0.2, 0.25) is 0 Å². The minimum Gasteiger partial charge on any atom is -0.396 e. The molecule has 0 bridgehead atoms. The summed E-state index contributed by atoms with van der Waals surface area (Å²) in [4.78, 5) is 12.2. The van der Waals surface area contributed by atoms with Gasteiger partial charge in [0, 0.05) is 23.7 Å². The molecular weight excluding hydrogens is 310 g/mol. The lowest BCUT2D eigenvalue weighted by molar-refractivity contribution is 0.237. The number of anilines is 1. The van der Waals surface area contributed by atoms with E-state index in [0.717, 1.165) is 12.8 Å². The molecule has 1 aromatic rings. The number of halogens is 2. The first-order valence-corrected chi connectivity index (χ1v) is 8.13. The Morgan fingerprint density at radius 2 is 2.14 bits per heavy atom. The molecule has 0 aliphatic rings. The van der Waals surface area contributed by atoms with Crippen molar-refractivity contribution in [2.24, 2.45) is 5.92 Å². The molecule has 1 atom stereocenters. The molecule has 124 valence electrons. The first-order chi connectivity index (χ1) is 10.5. The van der Waals surface area contributed by atoms with Crippen LogP contribution in [0.1, 0.15) is 26.2 Å². The van der Waals surface area contributed by atoms with E-state index >= 15 is 0 Å².